The first-order valence-electron chi connectivity index (χ1n) is 9.02. The lowest BCUT2D eigenvalue weighted by molar-refractivity contribution is -0.116. The quantitative estimate of drug-likeness (QED) is 0.653. The Morgan fingerprint density at radius 2 is 1.97 bits per heavy atom. The molecule has 2 heterocycles. The van der Waals surface area contributed by atoms with Gasteiger partial charge in [-0.15, -0.1) is 10.2 Å². The molecule has 0 saturated heterocycles. The molecule has 1 aliphatic heterocycles. The zero-order chi connectivity index (χ0) is 20.5. The number of benzene rings is 2. The van der Waals surface area contributed by atoms with Gasteiger partial charge in [-0.3, -0.25) is 4.79 Å². The second-order valence-corrected chi connectivity index (χ2v) is 8.28. The summed E-state index contributed by atoms with van der Waals surface area (Å²) in [4.78, 5) is 13.2. The monoisotopic (exact) mass is 429 g/mol. The summed E-state index contributed by atoms with van der Waals surface area (Å²) in [5.74, 6) is 1.17. The van der Waals surface area contributed by atoms with Gasteiger partial charge in [-0.2, -0.15) is 0 Å². The minimum absolute atomic E-state index is 0.129. The molecule has 150 valence electrons. The van der Waals surface area contributed by atoms with E-state index in [9.17, 15) is 4.79 Å². The molecule has 4 rings (SSSR count). The van der Waals surface area contributed by atoms with Crippen LogP contribution in [0.25, 0.3) is 0 Å². The Morgan fingerprint density at radius 3 is 2.66 bits per heavy atom. The van der Waals surface area contributed by atoms with E-state index in [1.54, 1.807) is 17.9 Å². The van der Waals surface area contributed by atoms with E-state index in [-0.39, 0.29) is 11.9 Å². The number of aromatic nitrogens is 3. The Bertz CT molecular complexity index is 1050. The largest absolute Gasteiger partial charge is 0.495 e. The standard InChI is InChI=1S/C20H20ClN5O2S/c1-11-4-7-14(8-5-11)22-19(27)18-17(13-6-9-16(28-3)15(21)10-13)25-26-12(2)23-24-20(26)29-18/h4-10,17-18,25H,1-3H3,(H,22,27)/t17-,18+/m1/s1. The lowest BCUT2D eigenvalue weighted by Crippen LogP contribution is -2.41. The maximum atomic E-state index is 13.2. The van der Waals surface area contributed by atoms with E-state index in [1.165, 1.54) is 11.8 Å². The Labute approximate surface area is 177 Å². The van der Waals surface area contributed by atoms with E-state index in [2.05, 4.69) is 20.9 Å². The number of halogens is 1. The molecular weight excluding hydrogens is 410 g/mol. The highest BCUT2D eigenvalue weighted by Crippen LogP contribution is 2.39. The number of amides is 1. The maximum absolute atomic E-state index is 13.2. The zero-order valence-corrected chi connectivity index (χ0v) is 17.7. The normalized spacial score (nSPS) is 17.9. The van der Waals surface area contributed by atoms with Crippen molar-refractivity contribution in [2.24, 2.45) is 0 Å². The van der Waals surface area contributed by atoms with Gasteiger partial charge in [0.05, 0.1) is 18.2 Å². The summed E-state index contributed by atoms with van der Waals surface area (Å²) < 4.78 is 7.05. The summed E-state index contributed by atoms with van der Waals surface area (Å²) in [6.07, 6.45) is 0. The third-order valence-corrected chi connectivity index (χ3v) is 6.22. The number of hydrogen-bond acceptors (Lipinski definition) is 6. The molecule has 2 aromatic carbocycles. The highest BCUT2D eigenvalue weighted by Gasteiger charge is 2.37. The van der Waals surface area contributed by atoms with Gasteiger partial charge in [-0.1, -0.05) is 47.1 Å². The van der Waals surface area contributed by atoms with E-state index in [4.69, 9.17) is 16.3 Å². The van der Waals surface area contributed by atoms with E-state index in [1.807, 2.05) is 50.2 Å². The van der Waals surface area contributed by atoms with Crippen molar-refractivity contribution in [2.75, 3.05) is 17.9 Å². The summed E-state index contributed by atoms with van der Waals surface area (Å²) in [5, 5.41) is 11.9. The molecule has 0 saturated carbocycles. The van der Waals surface area contributed by atoms with Gasteiger partial charge < -0.3 is 15.5 Å². The van der Waals surface area contributed by atoms with E-state index < -0.39 is 5.25 Å². The fourth-order valence-corrected chi connectivity index (χ4v) is 4.53. The van der Waals surface area contributed by atoms with Crippen LogP contribution in [0.2, 0.25) is 5.02 Å². The number of carbonyl (C=O) groups is 1. The molecule has 3 aromatic rings. The molecule has 0 bridgehead atoms. The Balaban J connectivity index is 1.67. The van der Waals surface area contributed by atoms with Crippen LogP contribution < -0.4 is 15.5 Å². The van der Waals surface area contributed by atoms with Crippen LogP contribution in [-0.2, 0) is 4.79 Å². The zero-order valence-electron chi connectivity index (χ0n) is 16.1. The molecule has 2 atom stereocenters. The first kappa shape index (κ1) is 19.6. The van der Waals surface area contributed by atoms with Crippen LogP contribution in [0.5, 0.6) is 5.75 Å². The summed E-state index contributed by atoms with van der Waals surface area (Å²) in [7, 11) is 1.57. The Kier molecular flexibility index (Phi) is 5.38. The van der Waals surface area contributed by atoms with Gasteiger partial charge in [-0.05, 0) is 43.7 Å². The first-order valence-corrected chi connectivity index (χ1v) is 10.3. The third-order valence-electron chi connectivity index (χ3n) is 4.71. The van der Waals surface area contributed by atoms with E-state index >= 15 is 0 Å². The SMILES string of the molecule is COc1ccc([C@H]2Nn3c(C)nnc3S[C@@H]2C(=O)Nc2ccc(C)cc2)cc1Cl. The van der Waals surface area contributed by atoms with Gasteiger partial charge in [0.25, 0.3) is 0 Å². The highest BCUT2D eigenvalue weighted by atomic mass is 35.5. The topological polar surface area (TPSA) is 81.1 Å². The van der Waals surface area contributed by atoms with Gasteiger partial charge in [0.15, 0.2) is 0 Å². The van der Waals surface area contributed by atoms with Crippen LogP contribution in [0.3, 0.4) is 0 Å². The number of anilines is 1. The van der Waals surface area contributed by atoms with Crippen LogP contribution in [0.1, 0.15) is 23.0 Å². The molecule has 0 aliphatic carbocycles. The molecule has 1 amide bonds. The van der Waals surface area contributed by atoms with Crippen molar-refractivity contribution in [1.82, 2.24) is 14.9 Å². The summed E-state index contributed by atoms with van der Waals surface area (Å²) in [6, 6.07) is 12.9. The second-order valence-electron chi connectivity index (χ2n) is 6.76. The van der Waals surface area contributed by atoms with Crippen LogP contribution >= 0.6 is 23.4 Å². The lowest BCUT2D eigenvalue weighted by atomic mass is 10.0. The van der Waals surface area contributed by atoms with Gasteiger partial charge >= 0.3 is 0 Å². The van der Waals surface area contributed by atoms with Crippen molar-refractivity contribution in [1.29, 1.82) is 0 Å². The van der Waals surface area contributed by atoms with E-state index in [0.29, 0.717) is 15.9 Å². The smallest absolute Gasteiger partial charge is 0.240 e. The van der Waals surface area contributed by atoms with Gasteiger partial charge in [0.1, 0.15) is 16.8 Å². The summed E-state index contributed by atoms with van der Waals surface area (Å²) >= 11 is 7.71. The first-order chi connectivity index (χ1) is 14.0. The third kappa shape index (κ3) is 3.90. The predicted molar refractivity (Wildman–Crippen MR) is 114 cm³/mol. The molecule has 9 heteroatoms. The molecular formula is C20H20ClN5O2S. The number of hydrogen-bond donors (Lipinski definition) is 2. The number of aryl methyl sites for hydroxylation is 2. The number of fused-ring (bicyclic) bond motifs is 1. The number of carbonyl (C=O) groups excluding carboxylic acids is 1. The van der Waals surface area contributed by atoms with Gasteiger partial charge in [-0.25, -0.2) is 4.68 Å². The highest BCUT2D eigenvalue weighted by molar-refractivity contribution is 8.00. The molecule has 0 spiro atoms. The second kappa shape index (κ2) is 7.96. The van der Waals surface area contributed by atoms with Crippen LogP contribution in [0.15, 0.2) is 47.6 Å². The lowest BCUT2D eigenvalue weighted by Gasteiger charge is -2.33. The van der Waals surface area contributed by atoms with Crippen LogP contribution in [-0.4, -0.2) is 33.1 Å². The van der Waals surface area contributed by atoms with Crippen molar-refractivity contribution in [3.63, 3.8) is 0 Å². The fourth-order valence-electron chi connectivity index (χ4n) is 3.14. The van der Waals surface area contributed by atoms with Gasteiger partial charge in [0.2, 0.25) is 11.1 Å². The number of nitrogens with one attached hydrogen (secondary N) is 2. The molecule has 29 heavy (non-hydrogen) atoms. The molecule has 0 radical (unpaired) electrons. The van der Waals surface area contributed by atoms with Gasteiger partial charge in [0, 0.05) is 5.69 Å². The molecule has 0 fully saturated rings. The number of nitrogens with zero attached hydrogens (tertiary/aromatic N) is 3. The van der Waals surface area contributed by atoms with Crippen LogP contribution in [0.4, 0.5) is 5.69 Å². The van der Waals surface area contributed by atoms with Crippen molar-refractivity contribution >= 4 is 35.0 Å². The number of rotatable bonds is 4. The Hall–Kier alpha value is -2.71. The molecule has 2 N–H and O–H groups in total. The number of methoxy groups -OCH3 is 1. The molecule has 0 unspecified atom stereocenters. The fraction of sp³-hybridized carbons (Fsp3) is 0.250. The summed E-state index contributed by atoms with van der Waals surface area (Å²) in [6.45, 7) is 3.86. The maximum Gasteiger partial charge on any atom is 0.240 e. The average molecular weight is 430 g/mol. The number of thioether (sulfide) groups is 1. The average Bonchev–Trinajstić information content (AvgIpc) is 3.08. The molecule has 7 nitrogen and oxygen atoms in total. The molecule has 1 aliphatic rings. The van der Waals surface area contributed by atoms with Crippen molar-refractivity contribution < 1.29 is 9.53 Å². The summed E-state index contributed by atoms with van der Waals surface area (Å²) in [5.41, 5.74) is 6.11. The van der Waals surface area contributed by atoms with Crippen molar-refractivity contribution in [2.45, 2.75) is 30.3 Å². The predicted octanol–water partition coefficient (Wildman–Crippen LogP) is 3.95. The minimum atomic E-state index is -0.475. The Morgan fingerprint density at radius 1 is 1.21 bits per heavy atom. The van der Waals surface area contributed by atoms with Crippen LogP contribution in [0, 0.1) is 13.8 Å². The van der Waals surface area contributed by atoms with Crippen molar-refractivity contribution in [3.05, 3.63) is 64.4 Å². The number of ether oxygens (including phenoxy) is 1. The van der Waals surface area contributed by atoms with Crippen molar-refractivity contribution in [3.8, 4) is 5.75 Å². The molecule has 1 aromatic heterocycles. The van der Waals surface area contributed by atoms with E-state index in [0.717, 1.165) is 22.6 Å². The minimum Gasteiger partial charge on any atom is -0.495 e.